The predicted molar refractivity (Wildman–Crippen MR) is 399 cm³/mol. The number of fused-ring (bicyclic) bond motifs is 2. The van der Waals surface area contributed by atoms with Crippen LogP contribution < -0.4 is 10.6 Å². The first kappa shape index (κ1) is 69.3. The van der Waals surface area contributed by atoms with Gasteiger partial charge < -0.3 is 35.0 Å². The van der Waals surface area contributed by atoms with Crippen molar-refractivity contribution in [1.29, 1.82) is 0 Å². The number of benzene rings is 6. The molecule has 19 heteroatoms. The molecular formula is C82H92N12O7. The fourth-order valence-corrected chi connectivity index (χ4v) is 15.2. The number of aromatic nitrogens is 4. The van der Waals surface area contributed by atoms with E-state index >= 15 is 0 Å². The molecule has 0 bridgehead atoms. The van der Waals surface area contributed by atoms with Crippen molar-refractivity contribution in [2.45, 2.75) is 155 Å². The van der Waals surface area contributed by atoms with Gasteiger partial charge in [0.15, 0.2) is 11.6 Å². The minimum absolute atomic E-state index is 0.00805. The zero-order valence-corrected chi connectivity index (χ0v) is 59.1. The van der Waals surface area contributed by atoms with Gasteiger partial charge in [0.2, 0.25) is 35.4 Å². The van der Waals surface area contributed by atoms with Crippen molar-refractivity contribution in [3.8, 4) is 22.3 Å². The largest absolute Gasteiger partial charge is 0.381 e. The Balaban J connectivity index is 0.000000182. The van der Waals surface area contributed by atoms with E-state index in [1.165, 1.54) is 0 Å². The van der Waals surface area contributed by atoms with Crippen LogP contribution in [-0.2, 0) is 33.5 Å². The van der Waals surface area contributed by atoms with Crippen molar-refractivity contribution in [2.24, 2.45) is 27.7 Å². The molecule has 0 unspecified atom stereocenters. The molecule has 4 fully saturated rings. The monoisotopic (exact) mass is 1360 g/mol. The molecular weight excluding hydrogens is 1260 g/mol. The molecule has 0 saturated carbocycles. The second-order valence-corrected chi connectivity index (χ2v) is 28.5. The Hall–Kier alpha value is -10.1. The number of rotatable bonds is 19. The Morgan fingerprint density at radius 1 is 0.446 bits per heavy atom. The average molecular weight is 1360 g/mol. The first-order valence-electron chi connectivity index (χ1n) is 36.1. The maximum atomic E-state index is 13.6. The van der Waals surface area contributed by atoms with E-state index in [1.54, 1.807) is 16.9 Å². The first-order valence-corrected chi connectivity index (χ1v) is 36.1. The van der Waals surface area contributed by atoms with Crippen molar-refractivity contribution in [3.63, 3.8) is 0 Å². The topological polar surface area (TPSA) is 231 Å². The molecule has 6 aliphatic rings. The second-order valence-electron chi connectivity index (χ2n) is 28.5. The van der Waals surface area contributed by atoms with E-state index in [4.69, 9.17) is 14.7 Å². The minimum Gasteiger partial charge on any atom is -0.381 e. The lowest BCUT2D eigenvalue weighted by Crippen LogP contribution is -2.47. The predicted octanol–water partition coefficient (Wildman–Crippen LogP) is 14.2. The summed E-state index contributed by atoms with van der Waals surface area (Å²) >= 11 is 0. The summed E-state index contributed by atoms with van der Waals surface area (Å²) in [6.45, 7) is 16.5. The van der Waals surface area contributed by atoms with E-state index < -0.39 is 12.1 Å². The lowest BCUT2D eigenvalue weighted by Gasteiger charge is -2.29. The number of aliphatic imine (C=N–C) groups is 2. The molecule has 6 aliphatic heterocycles. The van der Waals surface area contributed by atoms with Crippen molar-refractivity contribution < 1.29 is 33.5 Å². The number of amides is 6. The molecule has 2 aromatic heterocycles. The number of hydrogen-bond acceptors (Lipinski definition) is 11. The van der Waals surface area contributed by atoms with Gasteiger partial charge in [0.1, 0.15) is 12.1 Å². The summed E-state index contributed by atoms with van der Waals surface area (Å²) in [6.07, 6.45) is 11.9. The number of anilines is 2. The number of H-pyrrole nitrogens is 2. The number of carbonyl (C=O) groups is 6. The molecule has 0 spiro atoms. The normalized spacial score (nSPS) is 20.4. The summed E-state index contributed by atoms with van der Waals surface area (Å²) in [5.74, 6) is 0.235. The Kier molecular flexibility index (Phi) is 20.8. The van der Waals surface area contributed by atoms with E-state index in [2.05, 4.69) is 98.3 Å². The molecule has 0 radical (unpaired) electrons. The van der Waals surface area contributed by atoms with Gasteiger partial charge in [0.25, 0.3) is 0 Å². The van der Waals surface area contributed by atoms with E-state index in [0.717, 1.165) is 153 Å². The maximum absolute atomic E-state index is 13.6. The van der Waals surface area contributed by atoms with Crippen molar-refractivity contribution in [1.82, 2.24) is 40.0 Å². The number of carbonyl (C=O) groups excluding carboxylic acids is 6. The van der Waals surface area contributed by atoms with Crippen molar-refractivity contribution in [3.05, 3.63) is 180 Å². The number of allylic oxidation sites excluding steroid dienone is 2. The van der Waals surface area contributed by atoms with Gasteiger partial charge in [-0.05, 0) is 158 Å². The van der Waals surface area contributed by atoms with Gasteiger partial charge in [-0.25, -0.2) is 0 Å². The molecule has 6 amide bonds. The van der Waals surface area contributed by atoms with Crippen LogP contribution in [0.5, 0.6) is 0 Å². The van der Waals surface area contributed by atoms with Crippen LogP contribution in [0.4, 0.5) is 11.6 Å². The van der Waals surface area contributed by atoms with Crippen LogP contribution in [0.3, 0.4) is 0 Å². The van der Waals surface area contributed by atoms with Gasteiger partial charge in [0, 0.05) is 86.6 Å². The number of likely N-dealkylation sites (tertiary alicyclic amines) is 4. The second kappa shape index (κ2) is 30.4. The number of nitrogens with one attached hydrogen (secondary N) is 4. The summed E-state index contributed by atoms with van der Waals surface area (Å²) in [6, 6.07) is 47.8. The third kappa shape index (κ3) is 14.6. The molecule has 4 saturated heterocycles. The smallest absolute Gasteiger partial charge is 0.248 e. The lowest BCUT2D eigenvalue weighted by atomic mass is 9.94. The molecule has 101 heavy (non-hydrogen) atoms. The van der Waals surface area contributed by atoms with Gasteiger partial charge in [-0.1, -0.05) is 149 Å². The highest BCUT2D eigenvalue weighted by Gasteiger charge is 2.41. The molecule has 8 aromatic rings. The van der Waals surface area contributed by atoms with Gasteiger partial charge in [0.05, 0.1) is 47.0 Å². The fraction of sp³-hybridized carbons (Fsp3) is 0.390. The summed E-state index contributed by atoms with van der Waals surface area (Å²) < 4.78 is 5.37. The first-order chi connectivity index (χ1) is 48.9. The number of hydrogen-bond donors (Lipinski definition) is 4. The number of ether oxygens (including phenoxy) is 1. The summed E-state index contributed by atoms with van der Waals surface area (Å²) in [4.78, 5) is 97.5. The summed E-state index contributed by atoms with van der Waals surface area (Å²) in [7, 11) is 1.59. The zero-order chi connectivity index (χ0) is 70.6. The van der Waals surface area contributed by atoms with E-state index in [9.17, 15) is 28.8 Å². The molecule has 522 valence electrons. The highest BCUT2D eigenvalue weighted by Crippen LogP contribution is 2.38. The minimum atomic E-state index is -0.541. The van der Waals surface area contributed by atoms with E-state index in [1.807, 2.05) is 149 Å². The number of nitrogens with zero attached hydrogens (tertiary/aromatic N) is 8. The van der Waals surface area contributed by atoms with Crippen molar-refractivity contribution in [2.75, 3.05) is 43.9 Å². The quantitative estimate of drug-likeness (QED) is 0.0602. The number of methoxy groups -OCH3 is 1. The molecule has 8 heterocycles. The highest BCUT2D eigenvalue weighted by molar-refractivity contribution is 6.07. The Labute approximate surface area is 591 Å². The Morgan fingerprint density at radius 2 is 0.822 bits per heavy atom. The van der Waals surface area contributed by atoms with E-state index in [0.29, 0.717) is 43.5 Å². The molecule has 6 aromatic carbocycles. The lowest BCUT2D eigenvalue weighted by molar-refractivity contribution is -0.143. The van der Waals surface area contributed by atoms with E-state index in [-0.39, 0.29) is 77.3 Å². The molecule has 4 N–H and O–H groups in total. The SMILES string of the molecule is CO[C@H](C)[C@H](C)C(=O)N1CCC[C@H]1C(=O)Nc1n[nH]c2ccc(-c3ccc(C4=CN=C([C@@H]5CCCN5C(=O)[C@@H](C)C(C)C)C4)cc3)cc12.C[C@@H](C(=O)N1CCC[C@H]1C(=O)Nc1n[nH]c2ccc(-c3ccc(C4=CN=C([C@@H]5CCCN5C(=O)[C@H](C)c5ccccc5)C4)cc3)cc12)c1ccccc1. The van der Waals surface area contributed by atoms with Crippen LogP contribution in [-0.4, -0.2) is 150 Å². The molecule has 0 aliphatic carbocycles. The number of aromatic amines is 2. The van der Waals surface area contributed by atoms with Crippen LogP contribution >= 0.6 is 0 Å². The Bertz CT molecular complexity index is 4520. The molecule has 19 nitrogen and oxygen atoms in total. The van der Waals surface area contributed by atoms with Crippen molar-refractivity contribution >= 4 is 91.5 Å². The van der Waals surface area contributed by atoms with Gasteiger partial charge >= 0.3 is 0 Å². The Morgan fingerprint density at radius 3 is 1.26 bits per heavy atom. The fourth-order valence-electron chi connectivity index (χ4n) is 15.2. The zero-order valence-electron chi connectivity index (χ0n) is 59.1. The third-order valence-corrected chi connectivity index (χ3v) is 22.0. The maximum Gasteiger partial charge on any atom is 0.248 e. The molecule has 14 rings (SSSR count). The molecule has 9 atom stereocenters. The average Bonchev–Trinajstić information content (AvgIpc) is 1.71. The van der Waals surface area contributed by atoms with Crippen LogP contribution in [0, 0.1) is 17.8 Å². The van der Waals surface area contributed by atoms with Crippen LogP contribution in [0.25, 0.3) is 55.2 Å². The standard InChI is InChI=1S/C44H44N6O3.C38H48N6O4/c1-28(30-11-5-3-6-12-30)43(52)49-23-9-15-39(49)38-26-35(27-45-38)33-19-17-32(18-20-33)34-21-22-37-36(25-34)41(48-47-37)46-42(51)40-16-10-24-50(40)44(53)29(2)31-13-7-4-8-14-31;1-22(2)23(3)37(46)43-17-7-9-33(43)32-20-29(21-39-32)27-13-11-26(12-14-27)28-15-16-31-30(19-28)35(42-41-31)40-36(45)34-10-8-18-44(34)38(47)24(4)25(5)48-6/h3-8,11-14,17-22,25,27-29,39-40H,9-10,15-16,23-24,26H2,1-2H3,(H2,46,47,48,51);11-16,19,21-25,33-34H,7-10,17-18,20H2,1-6H3,(H2,40,41,42,45)/t28-,29-,39+,40+;23-,24-,25+,33-,34-/m10/s1. The van der Waals surface area contributed by atoms with Gasteiger partial charge in [-0.2, -0.15) is 10.2 Å². The van der Waals surface area contributed by atoms with Crippen LogP contribution in [0.1, 0.15) is 147 Å². The summed E-state index contributed by atoms with van der Waals surface area (Å²) in [5, 5.41) is 22.5. The van der Waals surface area contributed by atoms with Crippen LogP contribution in [0.15, 0.2) is 168 Å². The van der Waals surface area contributed by atoms with Crippen LogP contribution in [0.2, 0.25) is 0 Å². The van der Waals surface area contributed by atoms with Gasteiger partial charge in [-0.3, -0.25) is 48.9 Å². The summed E-state index contributed by atoms with van der Waals surface area (Å²) in [5.41, 5.74) is 14.4. The highest BCUT2D eigenvalue weighted by atomic mass is 16.5. The van der Waals surface area contributed by atoms with Gasteiger partial charge in [-0.15, -0.1) is 0 Å². The third-order valence-electron chi connectivity index (χ3n) is 22.0.